The third kappa shape index (κ3) is 4.54. The van der Waals surface area contributed by atoms with Gasteiger partial charge in [-0.05, 0) is 33.1 Å². The Morgan fingerprint density at radius 2 is 1.88 bits per heavy atom. The second kappa shape index (κ2) is 7.31. The average molecular weight is 245 g/mol. The molecule has 0 unspecified atom stereocenters. The van der Waals surface area contributed by atoms with Crippen LogP contribution in [0, 0.1) is 5.41 Å². The van der Waals surface area contributed by atoms with Crippen molar-refractivity contribution in [3.05, 3.63) is 0 Å². The van der Waals surface area contributed by atoms with Crippen molar-refractivity contribution >= 4 is 0 Å². The zero-order chi connectivity index (χ0) is 12.7. The van der Waals surface area contributed by atoms with Crippen molar-refractivity contribution in [3.8, 4) is 0 Å². The van der Waals surface area contributed by atoms with Crippen LogP contribution in [-0.2, 0) is 4.74 Å². The fourth-order valence-corrected chi connectivity index (χ4v) is 2.40. The highest BCUT2D eigenvalue weighted by Gasteiger charge is 2.34. The van der Waals surface area contributed by atoms with Crippen molar-refractivity contribution in [2.75, 3.05) is 39.5 Å². The summed E-state index contributed by atoms with van der Waals surface area (Å²) in [6, 6.07) is 0.452. The van der Waals surface area contributed by atoms with Gasteiger partial charge in [0.1, 0.15) is 0 Å². The van der Waals surface area contributed by atoms with Gasteiger partial charge >= 0.3 is 0 Å². The van der Waals surface area contributed by atoms with Crippen LogP contribution in [0.5, 0.6) is 0 Å². The number of aliphatic hydroxyl groups is 2. The van der Waals surface area contributed by atoms with E-state index in [0.717, 1.165) is 45.6 Å². The van der Waals surface area contributed by atoms with Gasteiger partial charge in [-0.1, -0.05) is 0 Å². The summed E-state index contributed by atoms with van der Waals surface area (Å²) in [5.74, 6) is 0. The highest BCUT2D eigenvalue weighted by atomic mass is 16.5. The smallest absolute Gasteiger partial charge is 0.0501 e. The summed E-state index contributed by atoms with van der Waals surface area (Å²) < 4.78 is 5.38. The van der Waals surface area contributed by atoms with E-state index in [0.29, 0.717) is 6.04 Å². The summed E-state index contributed by atoms with van der Waals surface area (Å²) in [6.45, 7) is 8.13. The van der Waals surface area contributed by atoms with Crippen molar-refractivity contribution in [1.82, 2.24) is 4.90 Å². The Morgan fingerprint density at radius 1 is 1.24 bits per heavy atom. The first-order valence-electron chi connectivity index (χ1n) is 6.67. The van der Waals surface area contributed by atoms with Gasteiger partial charge in [0.25, 0.3) is 0 Å². The number of nitrogens with zero attached hydrogens (tertiary/aromatic N) is 1. The SMILES string of the molecule is CC(C)N(CCCO)CC1(CO)CCOCC1. The Bertz CT molecular complexity index is 203. The molecule has 4 heteroatoms. The van der Waals surface area contributed by atoms with E-state index in [1.807, 2.05) is 0 Å². The Labute approximate surface area is 105 Å². The minimum Gasteiger partial charge on any atom is -0.396 e. The van der Waals surface area contributed by atoms with Crippen LogP contribution in [0.3, 0.4) is 0 Å². The van der Waals surface area contributed by atoms with Gasteiger partial charge < -0.3 is 19.8 Å². The zero-order valence-corrected chi connectivity index (χ0v) is 11.2. The van der Waals surface area contributed by atoms with Crippen molar-refractivity contribution in [1.29, 1.82) is 0 Å². The first-order chi connectivity index (χ1) is 8.13. The molecule has 0 aromatic rings. The fourth-order valence-electron chi connectivity index (χ4n) is 2.40. The van der Waals surface area contributed by atoms with Gasteiger partial charge in [-0.3, -0.25) is 0 Å². The van der Waals surface area contributed by atoms with E-state index in [2.05, 4.69) is 18.7 Å². The van der Waals surface area contributed by atoms with Crippen molar-refractivity contribution in [2.45, 2.75) is 39.2 Å². The molecule has 1 aliphatic heterocycles. The first kappa shape index (κ1) is 14.9. The maximum atomic E-state index is 9.67. The lowest BCUT2D eigenvalue weighted by Crippen LogP contribution is -2.46. The second-order valence-electron chi connectivity index (χ2n) is 5.41. The molecule has 0 aliphatic carbocycles. The summed E-state index contributed by atoms with van der Waals surface area (Å²) in [5, 5.41) is 18.6. The van der Waals surface area contributed by atoms with E-state index in [1.54, 1.807) is 0 Å². The highest BCUT2D eigenvalue weighted by Crippen LogP contribution is 2.31. The first-order valence-corrected chi connectivity index (χ1v) is 6.67. The minimum atomic E-state index is -0.00201. The predicted molar refractivity (Wildman–Crippen MR) is 68.0 cm³/mol. The molecular weight excluding hydrogens is 218 g/mol. The van der Waals surface area contributed by atoms with Crippen LogP contribution in [0.4, 0.5) is 0 Å². The molecule has 0 amide bonds. The van der Waals surface area contributed by atoms with E-state index in [-0.39, 0.29) is 18.6 Å². The molecule has 4 nitrogen and oxygen atoms in total. The van der Waals surface area contributed by atoms with Crippen LogP contribution < -0.4 is 0 Å². The third-order valence-electron chi connectivity index (χ3n) is 3.76. The molecular formula is C13H27NO3. The Hall–Kier alpha value is -0.160. The molecule has 0 aromatic carbocycles. The number of hydrogen-bond acceptors (Lipinski definition) is 4. The minimum absolute atomic E-state index is 0.00201. The van der Waals surface area contributed by atoms with E-state index < -0.39 is 0 Å². The molecule has 0 bridgehead atoms. The summed E-state index contributed by atoms with van der Waals surface area (Å²) in [4.78, 5) is 2.36. The Kier molecular flexibility index (Phi) is 6.41. The molecule has 0 aromatic heterocycles. The van der Waals surface area contributed by atoms with Gasteiger partial charge in [0.15, 0.2) is 0 Å². The van der Waals surface area contributed by atoms with Crippen LogP contribution in [0.15, 0.2) is 0 Å². The number of rotatable bonds is 7. The number of ether oxygens (including phenoxy) is 1. The molecule has 0 saturated carbocycles. The van der Waals surface area contributed by atoms with Crippen LogP contribution in [-0.4, -0.2) is 60.7 Å². The molecule has 1 heterocycles. The average Bonchev–Trinajstić information content (AvgIpc) is 2.35. The quantitative estimate of drug-likeness (QED) is 0.699. The summed E-state index contributed by atoms with van der Waals surface area (Å²) >= 11 is 0. The molecule has 0 spiro atoms. The van der Waals surface area contributed by atoms with E-state index in [4.69, 9.17) is 9.84 Å². The van der Waals surface area contributed by atoms with E-state index in [9.17, 15) is 5.11 Å². The molecule has 102 valence electrons. The van der Waals surface area contributed by atoms with Gasteiger partial charge in [0, 0.05) is 44.4 Å². The van der Waals surface area contributed by atoms with Crippen LogP contribution >= 0.6 is 0 Å². The van der Waals surface area contributed by atoms with Gasteiger partial charge in [-0.15, -0.1) is 0 Å². The standard InChI is InChI=1S/C13H27NO3/c1-12(2)14(6-3-7-15)10-13(11-16)4-8-17-9-5-13/h12,15-16H,3-11H2,1-2H3. The van der Waals surface area contributed by atoms with Gasteiger partial charge in [0.05, 0.1) is 6.61 Å². The molecule has 1 saturated heterocycles. The van der Waals surface area contributed by atoms with Gasteiger partial charge in [-0.25, -0.2) is 0 Å². The van der Waals surface area contributed by atoms with E-state index >= 15 is 0 Å². The van der Waals surface area contributed by atoms with Crippen molar-refractivity contribution in [2.24, 2.45) is 5.41 Å². The number of hydrogen-bond donors (Lipinski definition) is 2. The molecule has 2 N–H and O–H groups in total. The molecule has 1 rings (SSSR count). The van der Waals surface area contributed by atoms with Crippen LogP contribution in [0.1, 0.15) is 33.1 Å². The number of aliphatic hydroxyl groups excluding tert-OH is 2. The maximum Gasteiger partial charge on any atom is 0.0501 e. The monoisotopic (exact) mass is 245 g/mol. The lowest BCUT2D eigenvalue weighted by atomic mass is 9.80. The maximum absolute atomic E-state index is 9.67. The van der Waals surface area contributed by atoms with Gasteiger partial charge in [-0.2, -0.15) is 0 Å². The Balaban J connectivity index is 2.55. The Morgan fingerprint density at radius 3 is 2.35 bits per heavy atom. The van der Waals surface area contributed by atoms with Gasteiger partial charge in [0.2, 0.25) is 0 Å². The fraction of sp³-hybridized carbons (Fsp3) is 1.00. The topological polar surface area (TPSA) is 52.9 Å². The second-order valence-corrected chi connectivity index (χ2v) is 5.41. The highest BCUT2D eigenvalue weighted by molar-refractivity contribution is 4.85. The zero-order valence-electron chi connectivity index (χ0n) is 11.2. The van der Waals surface area contributed by atoms with Crippen LogP contribution in [0.25, 0.3) is 0 Å². The molecule has 1 fully saturated rings. The molecule has 0 atom stereocenters. The third-order valence-corrected chi connectivity index (χ3v) is 3.76. The molecule has 0 radical (unpaired) electrons. The predicted octanol–water partition coefficient (Wildman–Crippen LogP) is 0.868. The van der Waals surface area contributed by atoms with Crippen LogP contribution in [0.2, 0.25) is 0 Å². The molecule has 17 heavy (non-hydrogen) atoms. The normalized spacial score (nSPS) is 20.1. The summed E-state index contributed by atoms with van der Waals surface area (Å²) in [6.07, 6.45) is 2.67. The van der Waals surface area contributed by atoms with E-state index in [1.165, 1.54) is 0 Å². The lowest BCUT2D eigenvalue weighted by molar-refractivity contribution is -0.0393. The largest absolute Gasteiger partial charge is 0.396 e. The van der Waals surface area contributed by atoms with Crippen molar-refractivity contribution < 1.29 is 14.9 Å². The summed E-state index contributed by atoms with van der Waals surface area (Å²) in [7, 11) is 0. The molecule has 1 aliphatic rings. The lowest BCUT2D eigenvalue weighted by Gasteiger charge is -2.41. The van der Waals surface area contributed by atoms with Crippen molar-refractivity contribution in [3.63, 3.8) is 0 Å². The summed E-state index contributed by atoms with van der Waals surface area (Å²) in [5.41, 5.74) is -0.00201.